The van der Waals surface area contributed by atoms with Crippen molar-refractivity contribution in [3.8, 4) is 0 Å². The summed E-state index contributed by atoms with van der Waals surface area (Å²) in [6.07, 6.45) is -1.17. The molecule has 4 nitrogen and oxygen atoms in total. The van der Waals surface area contributed by atoms with Crippen LogP contribution in [0.4, 0.5) is 12.9 Å². The van der Waals surface area contributed by atoms with Gasteiger partial charge in [-0.1, -0.05) is 0 Å². The number of piperazine rings is 1. The normalized spacial score (nSPS) is 18.8. The largest absolute Gasteiger partial charge is 1.00 e. The molecule has 1 aliphatic rings. The molecule has 0 saturated carbocycles. The molecule has 1 aliphatic heterocycles. The molecule has 0 radical (unpaired) electrons. The van der Waals surface area contributed by atoms with E-state index in [1.807, 2.05) is 5.32 Å². The molecule has 0 aromatic heterocycles. The van der Waals surface area contributed by atoms with E-state index in [4.69, 9.17) is 0 Å². The van der Waals surface area contributed by atoms with Crippen LogP contribution in [0, 0.1) is 0 Å². The summed E-state index contributed by atoms with van der Waals surface area (Å²) in [6, 6.07) is 0. The molecule has 0 bridgehead atoms. The summed E-state index contributed by atoms with van der Waals surface area (Å²) < 4.78 is 35.6. The van der Waals surface area contributed by atoms with Crippen molar-refractivity contribution in [1.82, 2.24) is 10.2 Å². The number of hydrogen-bond donors (Lipinski definition) is 1. The number of hydrogen-bond acceptors (Lipinski definition) is 3. The summed E-state index contributed by atoms with van der Waals surface area (Å²) >= 11 is 0. The maximum absolute atomic E-state index is 11.9. The third-order valence-electron chi connectivity index (χ3n) is 1.48. The molecule has 74 valence electrons. The van der Waals surface area contributed by atoms with Gasteiger partial charge in [-0.3, -0.25) is 14.9 Å². The zero-order valence-corrected chi connectivity index (χ0v) is 10.7. The van der Waals surface area contributed by atoms with E-state index < -0.39 is 25.2 Å². The molecule has 1 fully saturated rings. The van der Waals surface area contributed by atoms with E-state index in [1.54, 1.807) is 0 Å². The number of nitrogens with one attached hydrogen (secondary N) is 1. The Kier molecular flexibility index (Phi) is 5.85. The Balaban J connectivity index is 0.00000169. The average Bonchev–Trinajstić information content (AvgIpc) is 1.78. The van der Waals surface area contributed by atoms with Gasteiger partial charge in [-0.2, -0.15) is 0 Å². The quantitative estimate of drug-likeness (QED) is 0.395. The van der Waals surface area contributed by atoms with Gasteiger partial charge in [-0.25, -0.2) is 0 Å². The number of rotatable bonds is 2. The molecule has 0 unspecified atom stereocenters. The van der Waals surface area contributed by atoms with Crippen LogP contribution < -0.4 is 56.7 Å². The Morgan fingerprint density at radius 2 is 1.64 bits per heavy atom. The fraction of sp³-hybridized carbons (Fsp3) is 0.600. The van der Waals surface area contributed by atoms with Gasteiger partial charge in [0.2, 0.25) is 11.8 Å². The van der Waals surface area contributed by atoms with Gasteiger partial charge in [0.05, 0.1) is 13.1 Å². The van der Waals surface area contributed by atoms with Crippen molar-refractivity contribution in [2.45, 2.75) is 0 Å². The van der Waals surface area contributed by atoms with E-state index in [2.05, 4.69) is 0 Å². The molecular formula is C5H7BF3KN2O2. The maximum atomic E-state index is 11.9. The van der Waals surface area contributed by atoms with Crippen molar-refractivity contribution in [2.24, 2.45) is 0 Å². The number of carbonyl (C=O) groups excluding carboxylic acids is 2. The van der Waals surface area contributed by atoms with E-state index >= 15 is 0 Å². The Morgan fingerprint density at radius 1 is 1.21 bits per heavy atom. The summed E-state index contributed by atoms with van der Waals surface area (Å²) in [6.45, 7) is -5.71. The van der Waals surface area contributed by atoms with Crippen LogP contribution in [-0.4, -0.2) is 43.2 Å². The molecule has 14 heavy (non-hydrogen) atoms. The molecule has 1 N–H and O–H groups in total. The maximum Gasteiger partial charge on any atom is 1.00 e. The van der Waals surface area contributed by atoms with Gasteiger partial charge in [0, 0.05) is 0 Å². The van der Waals surface area contributed by atoms with Crippen molar-refractivity contribution in [2.75, 3.05) is 19.5 Å². The van der Waals surface area contributed by atoms with E-state index in [0.29, 0.717) is 0 Å². The van der Waals surface area contributed by atoms with Crippen molar-refractivity contribution in [3.05, 3.63) is 0 Å². The second-order valence-corrected chi connectivity index (χ2v) is 2.85. The molecule has 1 saturated heterocycles. The van der Waals surface area contributed by atoms with Crippen molar-refractivity contribution in [3.63, 3.8) is 0 Å². The Bertz CT molecular complexity index is 232. The van der Waals surface area contributed by atoms with E-state index in [9.17, 15) is 22.5 Å². The van der Waals surface area contributed by atoms with E-state index in [1.165, 1.54) is 0 Å². The number of amides is 2. The Labute approximate surface area is 121 Å². The molecule has 1 rings (SSSR count). The van der Waals surface area contributed by atoms with E-state index in [-0.39, 0.29) is 64.5 Å². The minimum atomic E-state index is -4.98. The number of carbonyl (C=O) groups is 2. The first-order valence-electron chi connectivity index (χ1n) is 3.63. The number of nitrogens with zero attached hydrogens (tertiary/aromatic N) is 1. The monoisotopic (exact) mass is 234 g/mol. The molecule has 0 atom stereocenters. The minimum Gasteiger partial charge on any atom is -0.448 e. The van der Waals surface area contributed by atoms with Gasteiger partial charge in [0.15, 0.2) is 0 Å². The molecule has 9 heteroatoms. The molecule has 0 aliphatic carbocycles. The van der Waals surface area contributed by atoms with Crippen molar-refractivity contribution in [1.29, 1.82) is 0 Å². The predicted molar refractivity (Wildman–Crippen MR) is 38.7 cm³/mol. The first-order chi connectivity index (χ1) is 5.87. The Morgan fingerprint density at radius 3 is 2.00 bits per heavy atom. The SMILES string of the molecule is O=C1CN(C[B-](F)(F)F)CC(=O)N1.[K+]. The zero-order chi connectivity index (χ0) is 10.1. The predicted octanol–water partition coefficient (Wildman–Crippen LogP) is -3.66. The summed E-state index contributed by atoms with van der Waals surface area (Å²) in [7, 11) is 0. The molecule has 0 aromatic rings. The van der Waals surface area contributed by atoms with Crippen molar-refractivity contribution >= 4 is 18.8 Å². The average molecular weight is 234 g/mol. The fourth-order valence-corrected chi connectivity index (χ4v) is 1.12. The van der Waals surface area contributed by atoms with Gasteiger partial charge < -0.3 is 17.8 Å². The zero-order valence-electron chi connectivity index (χ0n) is 7.60. The van der Waals surface area contributed by atoms with Gasteiger partial charge in [0.25, 0.3) is 0 Å². The smallest absolute Gasteiger partial charge is 0.448 e. The summed E-state index contributed by atoms with van der Waals surface area (Å²) in [5.74, 6) is -1.37. The second-order valence-electron chi connectivity index (χ2n) is 2.85. The topological polar surface area (TPSA) is 49.4 Å². The molecule has 2 amide bonds. The van der Waals surface area contributed by atoms with Gasteiger partial charge in [-0.15, -0.1) is 0 Å². The van der Waals surface area contributed by atoms with Crippen LogP contribution in [0.2, 0.25) is 0 Å². The summed E-state index contributed by atoms with van der Waals surface area (Å²) in [5, 5.41) is 1.92. The van der Waals surface area contributed by atoms with Gasteiger partial charge in [0.1, 0.15) is 0 Å². The van der Waals surface area contributed by atoms with Crippen LogP contribution in [0.25, 0.3) is 0 Å². The van der Waals surface area contributed by atoms with Crippen LogP contribution in [0.3, 0.4) is 0 Å². The fourth-order valence-electron chi connectivity index (χ4n) is 1.12. The van der Waals surface area contributed by atoms with Crippen LogP contribution in [0.5, 0.6) is 0 Å². The molecular weight excluding hydrogens is 227 g/mol. The first kappa shape index (κ1) is 14.6. The molecule has 0 spiro atoms. The summed E-state index contributed by atoms with van der Waals surface area (Å²) in [5.41, 5.74) is 0. The molecule has 1 heterocycles. The van der Waals surface area contributed by atoms with Gasteiger partial charge in [-0.05, 0) is 6.44 Å². The second kappa shape index (κ2) is 5.61. The van der Waals surface area contributed by atoms with E-state index in [0.717, 1.165) is 4.90 Å². The summed E-state index contributed by atoms with van der Waals surface area (Å²) in [4.78, 5) is 22.1. The van der Waals surface area contributed by atoms with Gasteiger partial charge >= 0.3 is 58.4 Å². The standard InChI is InChI=1S/C5H7BF3N2O2.K/c7-6(8,9)3-11-1-4(12)10-5(13)2-11;/h1-3H2,(H,10,12,13);/q-1;+1. The van der Waals surface area contributed by atoms with Crippen molar-refractivity contribution < 1.29 is 73.9 Å². The Hall–Kier alpha value is 0.591. The van der Waals surface area contributed by atoms with Crippen LogP contribution >= 0.6 is 0 Å². The third-order valence-corrected chi connectivity index (χ3v) is 1.48. The van der Waals surface area contributed by atoms with Crippen LogP contribution in [0.15, 0.2) is 0 Å². The minimum absolute atomic E-state index is 0. The number of imide groups is 1. The molecule has 0 aromatic carbocycles. The first-order valence-corrected chi connectivity index (χ1v) is 3.63. The number of halogens is 3. The van der Waals surface area contributed by atoms with Crippen LogP contribution in [-0.2, 0) is 9.59 Å². The van der Waals surface area contributed by atoms with Crippen LogP contribution in [0.1, 0.15) is 0 Å². The third kappa shape index (κ3) is 5.47.